The smallest absolute Gasteiger partial charge is 0.270 e. The second-order valence-corrected chi connectivity index (χ2v) is 5.25. The van der Waals surface area contributed by atoms with Crippen molar-refractivity contribution in [3.8, 4) is 0 Å². The van der Waals surface area contributed by atoms with Crippen LogP contribution in [0.2, 0.25) is 0 Å². The van der Waals surface area contributed by atoms with Gasteiger partial charge in [-0.1, -0.05) is 15.9 Å². The first-order valence-corrected chi connectivity index (χ1v) is 6.81. The molecule has 1 aromatic rings. The van der Waals surface area contributed by atoms with Crippen LogP contribution in [0.1, 0.15) is 18.4 Å². The number of non-ortho nitro benzene ring substituents is 1. The highest BCUT2D eigenvalue weighted by atomic mass is 79.9. The molecule has 0 spiro atoms. The molecule has 1 atom stereocenters. The fourth-order valence-corrected chi connectivity index (χ4v) is 2.50. The van der Waals surface area contributed by atoms with Crippen molar-refractivity contribution >= 4 is 27.5 Å². The van der Waals surface area contributed by atoms with E-state index in [9.17, 15) is 14.9 Å². The third-order valence-electron chi connectivity index (χ3n) is 3.07. The van der Waals surface area contributed by atoms with E-state index >= 15 is 0 Å². The predicted octanol–water partition coefficient (Wildman–Crippen LogP) is 1.73. The van der Waals surface area contributed by atoms with E-state index < -0.39 is 4.92 Å². The van der Waals surface area contributed by atoms with Crippen LogP contribution in [0.4, 0.5) is 5.69 Å². The molecule has 1 saturated heterocycles. The maximum Gasteiger partial charge on any atom is 0.270 e. The molecule has 0 saturated carbocycles. The van der Waals surface area contributed by atoms with Crippen LogP contribution < -0.4 is 10.6 Å². The maximum absolute atomic E-state index is 11.6. The summed E-state index contributed by atoms with van der Waals surface area (Å²) >= 11 is 3.31. The second kappa shape index (κ2) is 6.12. The molecule has 2 N–H and O–H groups in total. The van der Waals surface area contributed by atoms with E-state index in [1.807, 2.05) is 0 Å². The van der Waals surface area contributed by atoms with Gasteiger partial charge in [0.1, 0.15) is 0 Å². The second-order valence-electron chi connectivity index (χ2n) is 4.40. The summed E-state index contributed by atoms with van der Waals surface area (Å²) in [6.45, 7) is 1.23. The quantitative estimate of drug-likeness (QED) is 0.651. The normalized spacial score (nSPS) is 19.0. The number of nitro groups is 1. The first kappa shape index (κ1) is 14.0. The van der Waals surface area contributed by atoms with E-state index in [4.69, 9.17) is 0 Å². The number of nitrogens with one attached hydrogen (secondary N) is 2. The Kier molecular flexibility index (Phi) is 4.49. The van der Waals surface area contributed by atoms with E-state index in [-0.39, 0.29) is 17.6 Å². The highest BCUT2D eigenvalue weighted by Crippen LogP contribution is 2.23. The van der Waals surface area contributed by atoms with E-state index in [1.165, 1.54) is 12.1 Å². The molecule has 19 heavy (non-hydrogen) atoms. The van der Waals surface area contributed by atoms with Crippen LogP contribution in [-0.2, 0) is 11.3 Å². The van der Waals surface area contributed by atoms with Crippen LogP contribution in [0.25, 0.3) is 0 Å². The highest BCUT2D eigenvalue weighted by molar-refractivity contribution is 9.10. The van der Waals surface area contributed by atoms with Gasteiger partial charge in [-0.15, -0.1) is 0 Å². The standard InChI is InChI=1S/C12H14BrN3O3/c13-10-6-9(16(18)19)4-3-8(10)7-15-11-2-1-5-14-12(11)17/h3-4,6,11,15H,1-2,5,7H2,(H,14,17). The number of hydrogen-bond donors (Lipinski definition) is 2. The summed E-state index contributed by atoms with van der Waals surface area (Å²) < 4.78 is 0.672. The molecule has 1 amide bonds. The van der Waals surface area contributed by atoms with Crippen molar-refractivity contribution in [2.24, 2.45) is 0 Å². The number of carbonyl (C=O) groups is 1. The number of nitro benzene ring substituents is 1. The summed E-state index contributed by atoms with van der Waals surface area (Å²) in [6, 6.07) is 4.44. The monoisotopic (exact) mass is 327 g/mol. The topological polar surface area (TPSA) is 84.3 Å². The minimum atomic E-state index is -0.434. The zero-order valence-electron chi connectivity index (χ0n) is 10.2. The van der Waals surface area contributed by atoms with Crippen LogP contribution in [0.5, 0.6) is 0 Å². The highest BCUT2D eigenvalue weighted by Gasteiger charge is 2.21. The zero-order valence-corrected chi connectivity index (χ0v) is 11.8. The molecule has 1 aromatic carbocycles. The van der Waals surface area contributed by atoms with Crippen LogP contribution in [-0.4, -0.2) is 23.4 Å². The summed E-state index contributed by atoms with van der Waals surface area (Å²) in [5, 5.41) is 16.6. The first-order chi connectivity index (χ1) is 9.08. The minimum absolute atomic E-state index is 0.0179. The Hall–Kier alpha value is -1.47. The molecular weight excluding hydrogens is 314 g/mol. The summed E-state index contributed by atoms with van der Waals surface area (Å²) in [7, 11) is 0. The Labute approximate surface area is 118 Å². The first-order valence-electron chi connectivity index (χ1n) is 6.02. The lowest BCUT2D eigenvalue weighted by atomic mass is 10.1. The third-order valence-corrected chi connectivity index (χ3v) is 3.81. The average molecular weight is 328 g/mol. The lowest BCUT2D eigenvalue weighted by Gasteiger charge is -2.23. The maximum atomic E-state index is 11.6. The van der Waals surface area contributed by atoms with Crippen molar-refractivity contribution in [3.63, 3.8) is 0 Å². The fourth-order valence-electron chi connectivity index (χ4n) is 1.99. The van der Waals surface area contributed by atoms with Gasteiger partial charge in [0.2, 0.25) is 5.91 Å². The number of carbonyl (C=O) groups excluding carboxylic acids is 1. The van der Waals surface area contributed by atoms with Gasteiger partial charge in [0, 0.05) is 29.7 Å². The molecule has 0 bridgehead atoms. The van der Waals surface area contributed by atoms with Crippen LogP contribution in [0, 0.1) is 10.1 Å². The SMILES string of the molecule is O=C1NCCCC1NCc1ccc([N+](=O)[O-])cc1Br. The van der Waals surface area contributed by atoms with Crippen molar-refractivity contribution in [2.75, 3.05) is 6.54 Å². The van der Waals surface area contributed by atoms with Gasteiger partial charge in [-0.2, -0.15) is 0 Å². The van der Waals surface area contributed by atoms with Crippen LogP contribution in [0.15, 0.2) is 22.7 Å². The molecule has 7 heteroatoms. The van der Waals surface area contributed by atoms with E-state index in [0.717, 1.165) is 24.9 Å². The van der Waals surface area contributed by atoms with Gasteiger partial charge in [-0.05, 0) is 24.5 Å². The Morgan fingerprint density at radius 1 is 1.53 bits per heavy atom. The molecule has 1 unspecified atom stereocenters. The molecule has 2 rings (SSSR count). The van der Waals surface area contributed by atoms with Crippen molar-refractivity contribution < 1.29 is 9.72 Å². The number of hydrogen-bond acceptors (Lipinski definition) is 4. The van der Waals surface area contributed by atoms with Gasteiger partial charge in [-0.3, -0.25) is 14.9 Å². The number of halogens is 1. The van der Waals surface area contributed by atoms with Crippen molar-refractivity contribution in [1.82, 2.24) is 10.6 Å². The van der Waals surface area contributed by atoms with Gasteiger partial charge in [0.05, 0.1) is 11.0 Å². The fraction of sp³-hybridized carbons (Fsp3) is 0.417. The molecule has 0 aliphatic carbocycles. The van der Waals surface area contributed by atoms with E-state index in [1.54, 1.807) is 6.07 Å². The van der Waals surface area contributed by atoms with Crippen LogP contribution >= 0.6 is 15.9 Å². The number of piperidine rings is 1. The summed E-state index contributed by atoms with van der Waals surface area (Å²) in [5.41, 5.74) is 0.940. The molecule has 6 nitrogen and oxygen atoms in total. The molecule has 1 heterocycles. The van der Waals surface area contributed by atoms with Crippen molar-refractivity contribution in [2.45, 2.75) is 25.4 Å². The largest absolute Gasteiger partial charge is 0.355 e. The summed E-state index contributed by atoms with van der Waals surface area (Å²) in [6.07, 6.45) is 1.78. The van der Waals surface area contributed by atoms with Gasteiger partial charge < -0.3 is 10.6 Å². The Bertz CT molecular complexity index is 507. The molecule has 1 fully saturated rings. The lowest BCUT2D eigenvalue weighted by molar-refractivity contribution is -0.384. The van der Waals surface area contributed by atoms with E-state index in [0.29, 0.717) is 11.0 Å². The van der Waals surface area contributed by atoms with Crippen molar-refractivity contribution in [1.29, 1.82) is 0 Å². The number of benzene rings is 1. The van der Waals surface area contributed by atoms with Gasteiger partial charge >= 0.3 is 0 Å². The Morgan fingerprint density at radius 2 is 2.32 bits per heavy atom. The van der Waals surface area contributed by atoms with Crippen LogP contribution in [0.3, 0.4) is 0 Å². The molecule has 1 aliphatic heterocycles. The van der Waals surface area contributed by atoms with Crippen molar-refractivity contribution in [3.05, 3.63) is 38.3 Å². The zero-order chi connectivity index (χ0) is 13.8. The molecule has 102 valence electrons. The molecule has 0 radical (unpaired) electrons. The van der Waals surface area contributed by atoms with Gasteiger partial charge in [-0.25, -0.2) is 0 Å². The molecule has 0 aromatic heterocycles. The Balaban J connectivity index is 1.99. The number of amides is 1. The summed E-state index contributed by atoms with van der Waals surface area (Å²) in [5.74, 6) is 0.0179. The number of rotatable bonds is 4. The average Bonchev–Trinajstić information content (AvgIpc) is 2.39. The number of nitrogens with zero attached hydrogens (tertiary/aromatic N) is 1. The minimum Gasteiger partial charge on any atom is -0.355 e. The van der Waals surface area contributed by atoms with Gasteiger partial charge in [0.25, 0.3) is 5.69 Å². The molecule has 1 aliphatic rings. The van der Waals surface area contributed by atoms with E-state index in [2.05, 4.69) is 26.6 Å². The Morgan fingerprint density at radius 3 is 2.95 bits per heavy atom. The van der Waals surface area contributed by atoms with Gasteiger partial charge in [0.15, 0.2) is 0 Å². The molecular formula is C12H14BrN3O3. The summed E-state index contributed by atoms with van der Waals surface area (Å²) in [4.78, 5) is 21.8. The third kappa shape index (κ3) is 3.51. The predicted molar refractivity (Wildman–Crippen MR) is 73.7 cm³/mol. The lowest BCUT2D eigenvalue weighted by Crippen LogP contribution is -2.47.